The highest BCUT2D eigenvalue weighted by Crippen LogP contribution is 2.33. The molecule has 0 aromatic heterocycles. The molecule has 2 atom stereocenters. The predicted molar refractivity (Wildman–Crippen MR) is 194 cm³/mol. The van der Waals surface area contributed by atoms with Gasteiger partial charge in [-0.2, -0.15) is 0 Å². The zero-order valence-corrected chi connectivity index (χ0v) is 29.9. The Bertz CT molecular complexity index is 1750. The summed E-state index contributed by atoms with van der Waals surface area (Å²) in [5, 5.41) is 3.07. The molecule has 0 saturated carbocycles. The number of amides is 2. The van der Waals surface area contributed by atoms with Crippen LogP contribution in [-0.4, -0.2) is 56.6 Å². The number of anilines is 1. The average molecular weight is 688 g/mol. The number of nitrogens with zero attached hydrogens (tertiary/aromatic N) is 2. The van der Waals surface area contributed by atoms with Gasteiger partial charge in [-0.05, 0) is 81.0 Å². The van der Waals surface area contributed by atoms with Crippen molar-refractivity contribution in [2.75, 3.05) is 23.7 Å². The molecule has 0 radical (unpaired) electrons. The number of para-hydroxylation sites is 2. The third kappa shape index (κ3) is 9.41. The fraction of sp³-hybridized carbons (Fsp3) is 0.316. The van der Waals surface area contributed by atoms with Gasteiger partial charge in [0.25, 0.3) is 10.0 Å². The number of ether oxygens (including phenoxy) is 1. The Morgan fingerprint density at radius 1 is 0.854 bits per heavy atom. The van der Waals surface area contributed by atoms with Gasteiger partial charge in [0, 0.05) is 23.9 Å². The largest absolute Gasteiger partial charge is 0.492 e. The fourth-order valence-electron chi connectivity index (χ4n) is 5.21. The highest BCUT2D eigenvalue weighted by Gasteiger charge is 2.35. The number of rotatable bonds is 16. The highest BCUT2D eigenvalue weighted by molar-refractivity contribution is 7.98. The number of carbonyl (C=O) groups is 2. The van der Waals surface area contributed by atoms with Gasteiger partial charge in [-0.15, -0.1) is 11.8 Å². The first-order chi connectivity index (χ1) is 23.1. The molecule has 2 unspecified atom stereocenters. The van der Waals surface area contributed by atoms with Gasteiger partial charge in [-0.1, -0.05) is 79.2 Å². The summed E-state index contributed by atoms with van der Waals surface area (Å²) in [6.45, 7) is 7.56. The number of aryl methyl sites for hydroxylation is 1. The van der Waals surface area contributed by atoms with Crippen molar-refractivity contribution in [3.8, 4) is 5.75 Å². The third-order valence-corrected chi connectivity index (χ3v) is 10.6. The molecular formula is C38H45N3O5S2. The van der Waals surface area contributed by atoms with Crippen molar-refractivity contribution in [2.24, 2.45) is 0 Å². The van der Waals surface area contributed by atoms with E-state index in [1.807, 2.05) is 88.5 Å². The van der Waals surface area contributed by atoms with Crippen LogP contribution in [0.25, 0.3) is 0 Å². The Morgan fingerprint density at radius 3 is 2.12 bits per heavy atom. The van der Waals surface area contributed by atoms with Crippen LogP contribution in [0.5, 0.6) is 5.75 Å². The number of nitrogens with one attached hydrogen (secondary N) is 1. The molecule has 0 aliphatic carbocycles. The minimum atomic E-state index is -4.26. The maximum atomic E-state index is 14.7. The number of benzene rings is 4. The molecule has 48 heavy (non-hydrogen) atoms. The minimum absolute atomic E-state index is 0.0415. The second-order valence-electron chi connectivity index (χ2n) is 11.6. The normalized spacial score (nSPS) is 12.5. The van der Waals surface area contributed by atoms with E-state index < -0.39 is 28.5 Å². The van der Waals surface area contributed by atoms with Gasteiger partial charge in [0.2, 0.25) is 11.8 Å². The summed E-state index contributed by atoms with van der Waals surface area (Å²) in [6, 6.07) is 29.6. The van der Waals surface area contributed by atoms with Crippen LogP contribution < -0.4 is 14.4 Å². The SMILES string of the molecule is CCOc1ccccc1N(CC(=O)N(Cc1ccc(C)cc1)C(Cc1ccccc1)C(=O)NC(C)CC)S(=O)(=O)c1ccc(SC)cc1. The smallest absolute Gasteiger partial charge is 0.264 e. The topological polar surface area (TPSA) is 96.0 Å². The van der Waals surface area contributed by atoms with Crippen molar-refractivity contribution in [3.63, 3.8) is 0 Å². The number of hydrogen-bond acceptors (Lipinski definition) is 6. The lowest BCUT2D eigenvalue weighted by Crippen LogP contribution is -2.54. The first-order valence-electron chi connectivity index (χ1n) is 16.1. The van der Waals surface area contributed by atoms with Crippen molar-refractivity contribution >= 4 is 39.3 Å². The second-order valence-corrected chi connectivity index (χ2v) is 14.4. The molecule has 10 heteroatoms. The van der Waals surface area contributed by atoms with E-state index in [-0.39, 0.29) is 35.5 Å². The van der Waals surface area contributed by atoms with E-state index in [2.05, 4.69) is 5.32 Å². The molecule has 0 bridgehead atoms. The summed E-state index contributed by atoms with van der Waals surface area (Å²) >= 11 is 1.50. The van der Waals surface area contributed by atoms with Crippen LogP contribution in [0, 0.1) is 6.92 Å². The van der Waals surface area contributed by atoms with Crippen molar-refractivity contribution in [2.45, 2.75) is 69.0 Å². The Kier molecular flexibility index (Phi) is 13.1. The van der Waals surface area contributed by atoms with Gasteiger partial charge < -0.3 is 15.0 Å². The maximum absolute atomic E-state index is 14.7. The zero-order chi connectivity index (χ0) is 34.7. The van der Waals surface area contributed by atoms with Crippen molar-refractivity contribution < 1.29 is 22.7 Å². The molecule has 0 aliphatic heterocycles. The number of sulfonamides is 1. The number of carbonyl (C=O) groups excluding carboxylic acids is 2. The molecule has 4 rings (SSSR count). The van der Waals surface area contributed by atoms with Crippen molar-refractivity contribution in [1.29, 1.82) is 0 Å². The van der Waals surface area contributed by atoms with E-state index in [1.165, 1.54) is 16.7 Å². The number of hydrogen-bond donors (Lipinski definition) is 1. The minimum Gasteiger partial charge on any atom is -0.492 e. The number of thioether (sulfide) groups is 1. The quantitative estimate of drug-likeness (QED) is 0.129. The average Bonchev–Trinajstić information content (AvgIpc) is 3.10. The molecule has 4 aromatic carbocycles. The van der Waals surface area contributed by atoms with Gasteiger partial charge in [-0.3, -0.25) is 13.9 Å². The van der Waals surface area contributed by atoms with Crippen LogP contribution in [0.15, 0.2) is 113 Å². The Morgan fingerprint density at radius 2 is 1.50 bits per heavy atom. The van der Waals surface area contributed by atoms with Crippen LogP contribution >= 0.6 is 11.8 Å². The van der Waals surface area contributed by atoms with Gasteiger partial charge in [0.15, 0.2) is 0 Å². The first-order valence-corrected chi connectivity index (χ1v) is 18.8. The zero-order valence-electron chi connectivity index (χ0n) is 28.3. The van der Waals surface area contributed by atoms with Crippen molar-refractivity contribution in [1.82, 2.24) is 10.2 Å². The van der Waals surface area contributed by atoms with E-state index in [0.29, 0.717) is 18.8 Å². The summed E-state index contributed by atoms with van der Waals surface area (Å²) in [7, 11) is -4.26. The van der Waals surface area contributed by atoms with Crippen LogP contribution in [-0.2, 0) is 32.6 Å². The van der Waals surface area contributed by atoms with E-state index in [9.17, 15) is 18.0 Å². The molecule has 0 heterocycles. The first kappa shape index (κ1) is 36.6. The summed E-state index contributed by atoms with van der Waals surface area (Å²) in [4.78, 5) is 31.2. The summed E-state index contributed by atoms with van der Waals surface area (Å²) in [5.74, 6) is -0.491. The van der Waals surface area contributed by atoms with Gasteiger partial charge in [0.05, 0.1) is 17.2 Å². The van der Waals surface area contributed by atoms with E-state index >= 15 is 0 Å². The third-order valence-electron chi connectivity index (χ3n) is 8.11. The lowest BCUT2D eigenvalue weighted by Gasteiger charge is -2.34. The molecule has 0 fully saturated rings. The predicted octanol–water partition coefficient (Wildman–Crippen LogP) is 6.87. The Labute approximate surface area is 289 Å². The molecule has 0 spiro atoms. The standard InChI is InChI=1S/C38H45N3O5S2/c1-6-29(4)39-38(43)35(25-30-13-9-8-10-14-30)40(26-31-19-17-28(3)18-20-31)37(42)27-41(34-15-11-12-16-36(34)46-7-2)48(44,45)33-23-21-32(47-5)22-24-33/h8-24,29,35H,6-7,25-27H2,1-5H3,(H,39,43). The summed E-state index contributed by atoms with van der Waals surface area (Å²) in [6.07, 6.45) is 2.88. The second kappa shape index (κ2) is 17.2. The molecule has 4 aromatic rings. The van der Waals surface area contributed by atoms with Crippen LogP contribution in [0.3, 0.4) is 0 Å². The highest BCUT2D eigenvalue weighted by atomic mass is 32.2. The maximum Gasteiger partial charge on any atom is 0.264 e. The lowest BCUT2D eigenvalue weighted by atomic mass is 10.0. The monoisotopic (exact) mass is 687 g/mol. The van der Waals surface area contributed by atoms with Gasteiger partial charge in [-0.25, -0.2) is 8.42 Å². The molecule has 0 aliphatic rings. The van der Waals surface area contributed by atoms with E-state index in [4.69, 9.17) is 4.74 Å². The van der Waals surface area contributed by atoms with Gasteiger partial charge in [0.1, 0.15) is 18.3 Å². The molecule has 0 saturated heterocycles. The lowest BCUT2D eigenvalue weighted by molar-refractivity contribution is -0.140. The van der Waals surface area contributed by atoms with Gasteiger partial charge >= 0.3 is 0 Å². The molecule has 8 nitrogen and oxygen atoms in total. The van der Waals surface area contributed by atoms with Crippen LogP contribution in [0.1, 0.15) is 43.9 Å². The Balaban J connectivity index is 1.84. The van der Waals surface area contributed by atoms with E-state index in [0.717, 1.165) is 25.9 Å². The summed E-state index contributed by atoms with van der Waals surface area (Å²) in [5.41, 5.74) is 2.99. The molecule has 1 N–H and O–H groups in total. The molecule has 2 amide bonds. The summed E-state index contributed by atoms with van der Waals surface area (Å²) < 4.78 is 35.8. The van der Waals surface area contributed by atoms with Crippen LogP contribution in [0.4, 0.5) is 5.69 Å². The fourth-order valence-corrected chi connectivity index (χ4v) is 7.05. The van der Waals surface area contributed by atoms with Crippen LogP contribution in [0.2, 0.25) is 0 Å². The van der Waals surface area contributed by atoms with E-state index in [1.54, 1.807) is 48.5 Å². The molecule has 254 valence electrons. The van der Waals surface area contributed by atoms with Crippen molar-refractivity contribution in [3.05, 3.63) is 120 Å². The Hall–Kier alpha value is -4.28. The molecular weight excluding hydrogens is 643 g/mol.